The SMILES string of the molecule is COC(=O)c1cncc(N2CCCN(C(C)=O)CC2)n1. The van der Waals surface area contributed by atoms with Crippen LogP contribution in [0, 0.1) is 0 Å². The van der Waals surface area contributed by atoms with E-state index in [0.29, 0.717) is 18.9 Å². The van der Waals surface area contributed by atoms with Gasteiger partial charge < -0.3 is 14.5 Å². The Balaban J connectivity index is 2.11. The van der Waals surface area contributed by atoms with Gasteiger partial charge in [-0.2, -0.15) is 0 Å². The van der Waals surface area contributed by atoms with Gasteiger partial charge in [0.15, 0.2) is 5.69 Å². The lowest BCUT2D eigenvalue weighted by Crippen LogP contribution is -2.34. The van der Waals surface area contributed by atoms with Gasteiger partial charge >= 0.3 is 5.97 Å². The maximum absolute atomic E-state index is 11.5. The minimum absolute atomic E-state index is 0.0845. The molecule has 0 N–H and O–H groups in total. The van der Waals surface area contributed by atoms with E-state index in [0.717, 1.165) is 19.5 Å². The van der Waals surface area contributed by atoms with Crippen molar-refractivity contribution >= 4 is 17.7 Å². The highest BCUT2D eigenvalue weighted by molar-refractivity contribution is 5.87. The average molecular weight is 278 g/mol. The highest BCUT2D eigenvalue weighted by atomic mass is 16.5. The molecule has 108 valence electrons. The maximum atomic E-state index is 11.5. The van der Waals surface area contributed by atoms with Crippen molar-refractivity contribution in [2.45, 2.75) is 13.3 Å². The number of amides is 1. The molecule has 1 aliphatic heterocycles. The monoisotopic (exact) mass is 278 g/mol. The molecule has 0 aromatic carbocycles. The van der Waals surface area contributed by atoms with E-state index in [1.807, 2.05) is 9.80 Å². The second-order valence-corrected chi connectivity index (χ2v) is 4.60. The van der Waals surface area contributed by atoms with E-state index in [-0.39, 0.29) is 11.6 Å². The van der Waals surface area contributed by atoms with Crippen LogP contribution in [0.4, 0.5) is 5.82 Å². The molecule has 1 aromatic heterocycles. The molecule has 0 radical (unpaired) electrons. The molecule has 2 rings (SSSR count). The van der Waals surface area contributed by atoms with Gasteiger partial charge in [-0.3, -0.25) is 9.78 Å². The zero-order valence-corrected chi connectivity index (χ0v) is 11.7. The Labute approximate surface area is 117 Å². The lowest BCUT2D eigenvalue weighted by atomic mass is 10.3. The van der Waals surface area contributed by atoms with Crippen molar-refractivity contribution in [1.29, 1.82) is 0 Å². The summed E-state index contributed by atoms with van der Waals surface area (Å²) < 4.78 is 4.64. The molecule has 0 unspecified atom stereocenters. The van der Waals surface area contributed by atoms with Crippen LogP contribution in [0.5, 0.6) is 0 Å². The summed E-state index contributed by atoms with van der Waals surface area (Å²) in [6.07, 6.45) is 3.87. The number of nitrogens with zero attached hydrogens (tertiary/aromatic N) is 4. The van der Waals surface area contributed by atoms with Crippen molar-refractivity contribution < 1.29 is 14.3 Å². The van der Waals surface area contributed by atoms with Crippen LogP contribution in [0.15, 0.2) is 12.4 Å². The average Bonchev–Trinajstić information content (AvgIpc) is 2.72. The number of carbonyl (C=O) groups is 2. The molecule has 7 heteroatoms. The van der Waals surface area contributed by atoms with E-state index in [4.69, 9.17) is 0 Å². The van der Waals surface area contributed by atoms with E-state index in [9.17, 15) is 9.59 Å². The first-order chi connectivity index (χ1) is 9.61. The summed E-state index contributed by atoms with van der Waals surface area (Å²) in [6.45, 7) is 4.44. The van der Waals surface area contributed by atoms with Gasteiger partial charge in [0.1, 0.15) is 5.82 Å². The molecule has 0 aliphatic carbocycles. The molecule has 0 saturated carbocycles. The minimum atomic E-state index is -0.500. The van der Waals surface area contributed by atoms with Gasteiger partial charge in [0.2, 0.25) is 5.91 Å². The second-order valence-electron chi connectivity index (χ2n) is 4.60. The van der Waals surface area contributed by atoms with Gasteiger partial charge in [-0.05, 0) is 6.42 Å². The largest absolute Gasteiger partial charge is 0.464 e. The number of carbonyl (C=O) groups excluding carboxylic acids is 2. The quantitative estimate of drug-likeness (QED) is 0.725. The van der Waals surface area contributed by atoms with Gasteiger partial charge in [0, 0.05) is 33.1 Å². The van der Waals surface area contributed by atoms with Crippen molar-refractivity contribution in [3.8, 4) is 0 Å². The Morgan fingerprint density at radius 2 is 2.00 bits per heavy atom. The fourth-order valence-electron chi connectivity index (χ4n) is 2.17. The summed E-state index contributed by atoms with van der Waals surface area (Å²) in [4.78, 5) is 35.0. The van der Waals surface area contributed by atoms with Gasteiger partial charge in [0.25, 0.3) is 0 Å². The normalized spacial score (nSPS) is 15.7. The van der Waals surface area contributed by atoms with E-state index >= 15 is 0 Å². The maximum Gasteiger partial charge on any atom is 0.358 e. The van der Waals surface area contributed by atoms with E-state index in [1.165, 1.54) is 13.3 Å². The number of anilines is 1. The molecule has 1 fully saturated rings. The standard InChI is InChI=1S/C13H18N4O3/c1-10(18)16-4-3-5-17(7-6-16)12-9-14-8-11(15-12)13(19)20-2/h8-9H,3-7H2,1-2H3. The molecule has 0 atom stereocenters. The summed E-state index contributed by atoms with van der Waals surface area (Å²) in [5.41, 5.74) is 0.192. The third-order valence-corrected chi connectivity index (χ3v) is 3.28. The second kappa shape index (κ2) is 6.31. The van der Waals surface area contributed by atoms with Gasteiger partial charge in [-0.1, -0.05) is 0 Å². The topological polar surface area (TPSA) is 75.6 Å². The van der Waals surface area contributed by atoms with Crippen LogP contribution < -0.4 is 4.90 Å². The van der Waals surface area contributed by atoms with Crippen molar-refractivity contribution in [3.63, 3.8) is 0 Å². The Hall–Kier alpha value is -2.18. The first-order valence-corrected chi connectivity index (χ1v) is 6.52. The number of hydrogen-bond donors (Lipinski definition) is 0. The molecule has 1 aromatic rings. The molecule has 2 heterocycles. The van der Waals surface area contributed by atoms with Crippen LogP contribution >= 0.6 is 0 Å². The van der Waals surface area contributed by atoms with Crippen LogP contribution in [0.25, 0.3) is 0 Å². The molecule has 0 spiro atoms. The summed E-state index contributed by atoms with van der Waals surface area (Å²) in [5, 5.41) is 0. The van der Waals surface area contributed by atoms with E-state index in [1.54, 1.807) is 13.1 Å². The van der Waals surface area contributed by atoms with Crippen LogP contribution in [0.3, 0.4) is 0 Å². The predicted molar refractivity (Wildman–Crippen MR) is 72.5 cm³/mol. The number of esters is 1. The summed E-state index contributed by atoms with van der Waals surface area (Å²) in [6, 6.07) is 0. The summed E-state index contributed by atoms with van der Waals surface area (Å²) in [7, 11) is 1.31. The van der Waals surface area contributed by atoms with Crippen molar-refractivity contribution in [2.24, 2.45) is 0 Å². The molecule has 1 amide bonds. The third kappa shape index (κ3) is 3.23. The predicted octanol–water partition coefficient (Wildman–Crippen LogP) is 0.322. The number of ether oxygens (including phenoxy) is 1. The number of rotatable bonds is 2. The molecular formula is C13H18N4O3. The van der Waals surface area contributed by atoms with Crippen molar-refractivity contribution in [2.75, 3.05) is 38.2 Å². The van der Waals surface area contributed by atoms with Gasteiger partial charge in [-0.15, -0.1) is 0 Å². The van der Waals surface area contributed by atoms with Crippen LogP contribution in [0.1, 0.15) is 23.8 Å². The molecule has 0 bridgehead atoms. The van der Waals surface area contributed by atoms with Gasteiger partial charge in [0.05, 0.1) is 19.5 Å². The molecule has 1 aliphatic rings. The fourth-order valence-corrected chi connectivity index (χ4v) is 2.17. The number of aromatic nitrogens is 2. The van der Waals surface area contributed by atoms with E-state index in [2.05, 4.69) is 14.7 Å². The molecule has 20 heavy (non-hydrogen) atoms. The van der Waals surface area contributed by atoms with Gasteiger partial charge in [-0.25, -0.2) is 9.78 Å². The summed E-state index contributed by atoms with van der Waals surface area (Å²) in [5.74, 6) is 0.221. The van der Waals surface area contributed by atoms with Crippen LogP contribution in [0.2, 0.25) is 0 Å². The van der Waals surface area contributed by atoms with Crippen molar-refractivity contribution in [3.05, 3.63) is 18.1 Å². The lowest BCUT2D eigenvalue weighted by Gasteiger charge is -2.22. The third-order valence-electron chi connectivity index (χ3n) is 3.28. The Bertz CT molecular complexity index is 506. The Morgan fingerprint density at radius 1 is 1.20 bits per heavy atom. The Kier molecular flexibility index (Phi) is 4.49. The number of methoxy groups -OCH3 is 1. The highest BCUT2D eigenvalue weighted by Crippen LogP contribution is 2.13. The van der Waals surface area contributed by atoms with E-state index < -0.39 is 5.97 Å². The summed E-state index contributed by atoms with van der Waals surface area (Å²) >= 11 is 0. The highest BCUT2D eigenvalue weighted by Gasteiger charge is 2.19. The smallest absolute Gasteiger partial charge is 0.358 e. The first kappa shape index (κ1) is 14.2. The zero-order chi connectivity index (χ0) is 14.5. The molecule has 7 nitrogen and oxygen atoms in total. The minimum Gasteiger partial charge on any atom is -0.464 e. The first-order valence-electron chi connectivity index (χ1n) is 6.52. The molecule has 1 saturated heterocycles. The number of hydrogen-bond acceptors (Lipinski definition) is 6. The molecular weight excluding hydrogens is 260 g/mol. The Morgan fingerprint density at radius 3 is 2.70 bits per heavy atom. The van der Waals surface area contributed by atoms with Crippen LogP contribution in [-0.4, -0.2) is 60.0 Å². The fraction of sp³-hybridized carbons (Fsp3) is 0.538. The van der Waals surface area contributed by atoms with Crippen LogP contribution in [-0.2, 0) is 9.53 Å². The zero-order valence-electron chi connectivity index (χ0n) is 11.7. The lowest BCUT2D eigenvalue weighted by molar-refractivity contribution is -0.128. The van der Waals surface area contributed by atoms with Crippen molar-refractivity contribution in [1.82, 2.24) is 14.9 Å².